The molecule has 38 heavy (non-hydrogen) atoms. The summed E-state index contributed by atoms with van der Waals surface area (Å²) in [6, 6.07) is 15.3. The lowest BCUT2D eigenvalue weighted by atomic mass is 10.0. The molecule has 11 heteroatoms. The second-order valence-corrected chi connectivity index (χ2v) is 10.0. The minimum absolute atomic E-state index is 0.0113. The zero-order valence-electron chi connectivity index (χ0n) is 20.9. The highest BCUT2D eigenvalue weighted by atomic mass is 32.2. The van der Waals surface area contributed by atoms with Crippen molar-refractivity contribution in [1.29, 1.82) is 0 Å². The molecule has 0 fully saturated rings. The van der Waals surface area contributed by atoms with E-state index in [1.807, 2.05) is 17.8 Å². The van der Waals surface area contributed by atoms with Crippen LogP contribution in [0.15, 0.2) is 84.1 Å². The number of carbonyl (C=O) groups excluding carboxylic acids is 1. The number of nitrogens with one attached hydrogen (secondary N) is 1. The molecule has 10 nitrogen and oxygen atoms in total. The van der Waals surface area contributed by atoms with E-state index in [0.29, 0.717) is 12.2 Å². The van der Waals surface area contributed by atoms with Gasteiger partial charge in [-0.1, -0.05) is 24.3 Å². The molecule has 1 N–H and O–H groups in total. The molecule has 0 spiro atoms. The van der Waals surface area contributed by atoms with E-state index in [2.05, 4.69) is 4.72 Å². The van der Waals surface area contributed by atoms with Crippen molar-refractivity contribution >= 4 is 32.5 Å². The molecule has 1 heterocycles. The molecular formula is C27H25N3O7S. The van der Waals surface area contributed by atoms with Gasteiger partial charge in [-0.25, -0.2) is 13.1 Å². The van der Waals surface area contributed by atoms with Crippen molar-refractivity contribution in [3.8, 4) is 11.5 Å². The van der Waals surface area contributed by atoms with Gasteiger partial charge in [0, 0.05) is 48.3 Å². The quantitative estimate of drug-likeness (QED) is 0.186. The third-order valence-corrected chi connectivity index (χ3v) is 7.26. The van der Waals surface area contributed by atoms with Gasteiger partial charge in [0.05, 0.1) is 18.3 Å². The Morgan fingerprint density at radius 1 is 1.08 bits per heavy atom. The summed E-state index contributed by atoms with van der Waals surface area (Å²) in [4.78, 5) is 23.6. The van der Waals surface area contributed by atoms with Crippen molar-refractivity contribution in [1.82, 2.24) is 9.29 Å². The van der Waals surface area contributed by atoms with Crippen LogP contribution >= 0.6 is 0 Å². The van der Waals surface area contributed by atoms with E-state index >= 15 is 0 Å². The van der Waals surface area contributed by atoms with Crippen LogP contribution < -0.4 is 14.2 Å². The van der Waals surface area contributed by atoms with Crippen LogP contribution in [0, 0.1) is 10.1 Å². The molecule has 4 rings (SSSR count). The summed E-state index contributed by atoms with van der Waals surface area (Å²) in [6.07, 6.45) is 5.20. The molecule has 0 bridgehead atoms. The molecule has 0 atom stereocenters. The topological polar surface area (TPSA) is 130 Å². The number of aryl methyl sites for hydroxylation is 1. The number of allylic oxidation sites excluding steroid dienone is 1. The van der Waals surface area contributed by atoms with Gasteiger partial charge in [-0.05, 0) is 48.4 Å². The Bertz CT molecular complexity index is 1670. The fourth-order valence-corrected chi connectivity index (χ4v) is 5.21. The first-order valence-electron chi connectivity index (χ1n) is 11.5. The summed E-state index contributed by atoms with van der Waals surface area (Å²) in [6.45, 7) is 1.72. The molecule has 196 valence electrons. The SMILES string of the molecule is C/C=C/Oc1ccccc1S(=O)(=O)NC(=O)c1ccc(Cc2cn(C)c3ccc([N+](=O)[O-])cc23)c(OC)c1. The van der Waals surface area contributed by atoms with Crippen LogP contribution in [-0.2, 0) is 23.5 Å². The number of fused-ring (bicyclic) bond motifs is 1. The third kappa shape index (κ3) is 5.37. The largest absolute Gasteiger partial charge is 0.496 e. The first-order chi connectivity index (χ1) is 18.1. The van der Waals surface area contributed by atoms with Gasteiger partial charge in [0.1, 0.15) is 16.4 Å². The highest BCUT2D eigenvalue weighted by Crippen LogP contribution is 2.30. The van der Waals surface area contributed by atoms with Crippen molar-refractivity contribution in [3.63, 3.8) is 0 Å². The van der Waals surface area contributed by atoms with Crippen LogP contribution in [0.3, 0.4) is 0 Å². The van der Waals surface area contributed by atoms with Gasteiger partial charge in [-0.15, -0.1) is 0 Å². The van der Waals surface area contributed by atoms with Crippen LogP contribution in [-0.4, -0.2) is 30.9 Å². The number of carbonyl (C=O) groups is 1. The van der Waals surface area contributed by atoms with E-state index in [-0.39, 0.29) is 21.9 Å². The normalized spacial score (nSPS) is 11.6. The average molecular weight is 536 g/mol. The monoisotopic (exact) mass is 535 g/mol. The highest BCUT2D eigenvalue weighted by Gasteiger charge is 2.23. The summed E-state index contributed by atoms with van der Waals surface area (Å²) < 4.78 is 40.7. The van der Waals surface area contributed by atoms with E-state index in [0.717, 1.165) is 22.0 Å². The number of nitro groups is 1. The number of hydrogen-bond acceptors (Lipinski definition) is 7. The Kier molecular flexibility index (Phi) is 7.49. The lowest BCUT2D eigenvalue weighted by Crippen LogP contribution is -2.30. The first kappa shape index (κ1) is 26.4. The van der Waals surface area contributed by atoms with Crippen LogP contribution in [0.4, 0.5) is 5.69 Å². The zero-order chi connectivity index (χ0) is 27.4. The van der Waals surface area contributed by atoms with E-state index in [4.69, 9.17) is 9.47 Å². The van der Waals surface area contributed by atoms with E-state index in [1.54, 1.807) is 31.2 Å². The molecule has 0 aliphatic heterocycles. The summed E-state index contributed by atoms with van der Waals surface area (Å²) in [7, 11) is -0.941. The number of benzene rings is 3. The fourth-order valence-electron chi connectivity index (χ4n) is 4.10. The molecule has 0 radical (unpaired) electrons. The van der Waals surface area contributed by atoms with E-state index in [9.17, 15) is 23.3 Å². The van der Waals surface area contributed by atoms with Crippen LogP contribution in [0.25, 0.3) is 10.9 Å². The van der Waals surface area contributed by atoms with E-state index in [1.165, 1.54) is 55.8 Å². The van der Waals surface area contributed by atoms with Gasteiger partial charge in [-0.2, -0.15) is 0 Å². The molecule has 4 aromatic rings. The summed E-state index contributed by atoms with van der Waals surface area (Å²) in [5.41, 5.74) is 2.46. The predicted octanol–water partition coefficient (Wildman–Crippen LogP) is 4.72. The Labute approximate surface area is 219 Å². The number of ether oxygens (including phenoxy) is 2. The first-order valence-corrected chi connectivity index (χ1v) is 13.0. The smallest absolute Gasteiger partial charge is 0.270 e. The Balaban J connectivity index is 1.61. The Hall–Kier alpha value is -4.64. The third-order valence-electron chi connectivity index (χ3n) is 5.89. The number of nitrogens with zero attached hydrogens (tertiary/aromatic N) is 2. The minimum atomic E-state index is -4.24. The highest BCUT2D eigenvalue weighted by molar-refractivity contribution is 7.90. The van der Waals surface area contributed by atoms with Crippen molar-refractivity contribution in [2.75, 3.05) is 7.11 Å². The van der Waals surface area contributed by atoms with Gasteiger partial charge in [0.15, 0.2) is 0 Å². The molecule has 0 saturated heterocycles. The molecule has 0 unspecified atom stereocenters. The number of amides is 1. The molecular weight excluding hydrogens is 510 g/mol. The van der Waals surface area contributed by atoms with Crippen molar-refractivity contribution in [3.05, 3.63) is 106 Å². The lowest BCUT2D eigenvalue weighted by Gasteiger charge is -2.13. The number of para-hydroxylation sites is 1. The van der Waals surface area contributed by atoms with Gasteiger partial charge in [0.25, 0.3) is 21.6 Å². The second-order valence-electron chi connectivity index (χ2n) is 8.40. The summed E-state index contributed by atoms with van der Waals surface area (Å²) in [5, 5.41) is 12.0. The number of nitro benzene ring substituents is 1. The van der Waals surface area contributed by atoms with Gasteiger partial charge < -0.3 is 14.0 Å². The molecule has 1 amide bonds. The minimum Gasteiger partial charge on any atom is -0.496 e. The standard InChI is InChI=1S/C27H25N3O7S/c1-4-13-37-24-7-5-6-8-26(24)38(34,35)28-27(31)19-10-9-18(25(15-19)36-3)14-20-17-29(2)23-12-11-21(30(32)33)16-22(20)23/h4-13,15-17H,14H2,1-3H3,(H,28,31)/b13-4+. The van der Waals surface area contributed by atoms with E-state index < -0.39 is 20.9 Å². The fraction of sp³-hybridized carbons (Fsp3) is 0.148. The maximum absolute atomic E-state index is 12.9. The Morgan fingerprint density at radius 2 is 1.84 bits per heavy atom. The summed E-state index contributed by atoms with van der Waals surface area (Å²) in [5.74, 6) is -0.389. The zero-order valence-corrected chi connectivity index (χ0v) is 21.7. The number of non-ortho nitro benzene ring substituents is 1. The molecule has 1 aromatic heterocycles. The van der Waals surface area contributed by atoms with Gasteiger partial charge in [0.2, 0.25) is 0 Å². The lowest BCUT2D eigenvalue weighted by molar-refractivity contribution is -0.384. The van der Waals surface area contributed by atoms with Crippen molar-refractivity contribution in [2.24, 2.45) is 7.05 Å². The van der Waals surface area contributed by atoms with Crippen molar-refractivity contribution < 1.29 is 27.6 Å². The van der Waals surface area contributed by atoms with Crippen LogP contribution in [0.2, 0.25) is 0 Å². The number of rotatable bonds is 9. The number of sulfonamides is 1. The average Bonchev–Trinajstić information content (AvgIpc) is 3.21. The van der Waals surface area contributed by atoms with Crippen LogP contribution in [0.5, 0.6) is 11.5 Å². The Morgan fingerprint density at radius 3 is 2.55 bits per heavy atom. The number of methoxy groups -OCH3 is 1. The second kappa shape index (κ2) is 10.8. The molecule has 0 aliphatic carbocycles. The maximum Gasteiger partial charge on any atom is 0.270 e. The maximum atomic E-state index is 12.9. The number of hydrogen-bond donors (Lipinski definition) is 1. The molecule has 0 aliphatic rings. The predicted molar refractivity (Wildman–Crippen MR) is 142 cm³/mol. The van der Waals surface area contributed by atoms with Gasteiger partial charge in [-0.3, -0.25) is 14.9 Å². The van der Waals surface area contributed by atoms with Crippen LogP contribution in [0.1, 0.15) is 28.4 Å². The molecule has 0 saturated carbocycles. The summed E-state index contributed by atoms with van der Waals surface area (Å²) >= 11 is 0. The van der Waals surface area contributed by atoms with Crippen molar-refractivity contribution in [2.45, 2.75) is 18.2 Å². The van der Waals surface area contributed by atoms with Gasteiger partial charge >= 0.3 is 0 Å². The molecule has 3 aromatic carbocycles. The number of aromatic nitrogens is 1.